The number of fused-ring (bicyclic) bond motifs is 1. The second kappa shape index (κ2) is 13.4. The van der Waals surface area contributed by atoms with E-state index in [4.69, 9.17) is 9.47 Å². The highest BCUT2D eigenvalue weighted by Crippen LogP contribution is 2.45. The summed E-state index contributed by atoms with van der Waals surface area (Å²) in [5.41, 5.74) is 2.81. The smallest absolute Gasteiger partial charge is 0.301 e. The van der Waals surface area contributed by atoms with Crippen molar-refractivity contribution in [3.63, 3.8) is 0 Å². The fourth-order valence-electron chi connectivity index (χ4n) is 5.47. The number of thioether (sulfide) groups is 1. The van der Waals surface area contributed by atoms with Crippen molar-refractivity contribution in [1.29, 1.82) is 0 Å². The largest absolute Gasteiger partial charge is 0.507 e. The lowest BCUT2D eigenvalue weighted by Gasteiger charge is -2.23. The minimum atomic E-state index is -0.962. The number of carbonyl (C=O) groups excluding carboxylic acids is 2. The third kappa shape index (κ3) is 6.60. The average molecular weight is 646 g/mol. The third-order valence-electron chi connectivity index (χ3n) is 7.68. The number of aromatic nitrogens is 2. The summed E-state index contributed by atoms with van der Waals surface area (Å²) < 4.78 is 25.7. The molecule has 6 rings (SSSR count). The lowest BCUT2D eigenvalue weighted by atomic mass is 9.94. The van der Waals surface area contributed by atoms with Gasteiger partial charge in [-0.25, -0.2) is 4.39 Å². The molecule has 2 aliphatic heterocycles. The van der Waals surface area contributed by atoms with Gasteiger partial charge < -0.3 is 14.6 Å². The van der Waals surface area contributed by atoms with Gasteiger partial charge in [-0.05, 0) is 72.5 Å². The standard InChI is InChI=1S/C34H32FN3O5S2/c1-3-4-5-15-42-26-8-6-7-22(18-26)29-28(30(39)23-11-14-27-24(17-23)16-20(2)43-27)31(40)32(41)38(29)33-36-37-34(45-33)44-19-21-9-12-25(35)13-10-21/h6-14,17-18,20,29,39H,3-5,15-16,19H2,1-2H3/t20-,29-/m0/s1. The molecule has 8 nitrogen and oxygen atoms in total. The molecule has 1 N–H and O–H groups in total. The molecule has 0 bridgehead atoms. The van der Waals surface area contributed by atoms with Crippen molar-refractivity contribution in [3.8, 4) is 11.5 Å². The Morgan fingerprint density at radius 1 is 1.11 bits per heavy atom. The second-order valence-electron chi connectivity index (χ2n) is 11.0. The molecular weight excluding hydrogens is 614 g/mol. The molecular formula is C34H32FN3O5S2. The summed E-state index contributed by atoms with van der Waals surface area (Å²) >= 11 is 2.57. The molecule has 2 aliphatic rings. The van der Waals surface area contributed by atoms with Crippen LogP contribution >= 0.6 is 23.1 Å². The number of halogens is 1. The summed E-state index contributed by atoms with van der Waals surface area (Å²) in [6.45, 7) is 4.63. The van der Waals surface area contributed by atoms with Crippen molar-refractivity contribution in [3.05, 3.63) is 100 Å². The Morgan fingerprint density at radius 2 is 1.93 bits per heavy atom. The monoisotopic (exact) mass is 645 g/mol. The van der Waals surface area contributed by atoms with Crippen LogP contribution in [0, 0.1) is 5.82 Å². The molecule has 1 amide bonds. The van der Waals surface area contributed by atoms with Gasteiger partial charge in [0, 0.05) is 17.7 Å². The van der Waals surface area contributed by atoms with Crippen molar-refractivity contribution in [1.82, 2.24) is 10.2 Å². The quantitative estimate of drug-likeness (QED) is 0.0447. The normalized spacial score (nSPS) is 18.7. The van der Waals surface area contributed by atoms with Crippen LogP contribution in [0.15, 0.2) is 76.6 Å². The van der Waals surface area contributed by atoms with Crippen LogP contribution in [0.1, 0.15) is 61.4 Å². The van der Waals surface area contributed by atoms with Crippen molar-refractivity contribution in [2.24, 2.45) is 0 Å². The van der Waals surface area contributed by atoms with Gasteiger partial charge >= 0.3 is 5.91 Å². The van der Waals surface area contributed by atoms with E-state index >= 15 is 0 Å². The molecule has 0 aliphatic carbocycles. The molecule has 232 valence electrons. The van der Waals surface area contributed by atoms with Gasteiger partial charge in [-0.3, -0.25) is 14.5 Å². The molecule has 11 heteroatoms. The first kappa shape index (κ1) is 30.8. The number of amides is 1. The van der Waals surface area contributed by atoms with Gasteiger partial charge in [-0.2, -0.15) is 0 Å². The zero-order valence-corrected chi connectivity index (χ0v) is 26.5. The molecule has 45 heavy (non-hydrogen) atoms. The molecule has 3 heterocycles. The number of Topliss-reactive ketones (excluding diaryl/α,β-unsaturated/α-hetero) is 1. The Kier molecular flexibility index (Phi) is 9.18. The number of unbranched alkanes of at least 4 members (excludes halogenated alkanes) is 2. The Hall–Kier alpha value is -4.22. The maximum Gasteiger partial charge on any atom is 0.301 e. The van der Waals surface area contributed by atoms with E-state index in [9.17, 15) is 19.1 Å². The number of ether oxygens (including phenoxy) is 2. The van der Waals surface area contributed by atoms with Crippen LogP contribution in [-0.2, 0) is 21.8 Å². The van der Waals surface area contributed by atoms with Crippen LogP contribution in [0.2, 0.25) is 0 Å². The Bertz CT molecular complexity index is 1760. The van der Waals surface area contributed by atoms with E-state index in [-0.39, 0.29) is 28.4 Å². The van der Waals surface area contributed by atoms with Crippen LogP contribution in [0.3, 0.4) is 0 Å². The molecule has 0 unspecified atom stereocenters. The van der Waals surface area contributed by atoms with Gasteiger partial charge in [0.25, 0.3) is 5.78 Å². The third-order valence-corrected chi connectivity index (χ3v) is 9.81. The van der Waals surface area contributed by atoms with Crippen LogP contribution in [-0.4, -0.2) is 39.7 Å². The lowest BCUT2D eigenvalue weighted by Crippen LogP contribution is -2.29. The van der Waals surface area contributed by atoms with Crippen molar-refractivity contribution in [2.75, 3.05) is 11.5 Å². The molecule has 0 radical (unpaired) electrons. The summed E-state index contributed by atoms with van der Waals surface area (Å²) in [4.78, 5) is 28.7. The number of ketones is 1. The number of anilines is 1. The van der Waals surface area contributed by atoms with Crippen LogP contribution in [0.5, 0.6) is 11.5 Å². The Balaban J connectivity index is 1.37. The second-order valence-corrected chi connectivity index (χ2v) is 13.2. The van der Waals surface area contributed by atoms with Crippen molar-refractivity contribution in [2.45, 2.75) is 61.8 Å². The molecule has 2 atom stereocenters. The summed E-state index contributed by atoms with van der Waals surface area (Å²) in [7, 11) is 0. The van der Waals surface area contributed by atoms with E-state index in [2.05, 4.69) is 17.1 Å². The number of carbonyl (C=O) groups is 2. The van der Waals surface area contributed by atoms with E-state index < -0.39 is 17.7 Å². The first-order valence-corrected chi connectivity index (χ1v) is 16.7. The van der Waals surface area contributed by atoms with E-state index in [0.29, 0.717) is 40.0 Å². The summed E-state index contributed by atoms with van der Waals surface area (Å²) in [6, 6.07) is 17.8. The SMILES string of the molecule is CCCCCOc1cccc([C@H]2C(=C(O)c3ccc4c(c3)C[C@H](C)O4)C(=O)C(=O)N2c2nnc(SCc3ccc(F)cc3)s2)c1. The van der Waals surface area contributed by atoms with Crippen LogP contribution in [0.4, 0.5) is 9.52 Å². The van der Waals surface area contributed by atoms with E-state index in [1.54, 1.807) is 42.5 Å². The molecule has 1 aromatic heterocycles. The number of nitrogens with zero attached hydrogens (tertiary/aromatic N) is 3. The fraction of sp³-hybridized carbons (Fsp3) is 0.294. The Labute approximate surface area is 268 Å². The van der Waals surface area contributed by atoms with Gasteiger partial charge in [0.1, 0.15) is 29.2 Å². The van der Waals surface area contributed by atoms with Gasteiger partial charge in [-0.1, -0.05) is 67.1 Å². The number of rotatable bonds is 11. The first-order valence-electron chi connectivity index (χ1n) is 14.9. The van der Waals surface area contributed by atoms with Crippen molar-refractivity contribution >= 4 is 45.7 Å². The highest BCUT2D eigenvalue weighted by Gasteiger charge is 2.48. The molecule has 0 spiro atoms. The fourth-order valence-corrected chi connectivity index (χ4v) is 7.29. The molecule has 1 saturated heterocycles. The number of hydrogen-bond acceptors (Lipinski definition) is 9. The highest BCUT2D eigenvalue weighted by molar-refractivity contribution is 8.00. The number of benzene rings is 3. The average Bonchev–Trinajstić information content (AvgIpc) is 3.73. The predicted molar refractivity (Wildman–Crippen MR) is 172 cm³/mol. The van der Waals surface area contributed by atoms with Crippen LogP contribution in [0.25, 0.3) is 5.76 Å². The van der Waals surface area contributed by atoms with Gasteiger partial charge in [0.05, 0.1) is 18.2 Å². The minimum Gasteiger partial charge on any atom is -0.507 e. The van der Waals surface area contributed by atoms with E-state index in [1.165, 1.54) is 40.1 Å². The predicted octanol–water partition coefficient (Wildman–Crippen LogP) is 7.49. The lowest BCUT2D eigenvalue weighted by molar-refractivity contribution is -0.132. The molecule has 1 fully saturated rings. The number of aliphatic hydroxyl groups excluding tert-OH is 1. The summed E-state index contributed by atoms with van der Waals surface area (Å²) in [5, 5.41) is 20.4. The number of hydrogen-bond donors (Lipinski definition) is 1. The first-order chi connectivity index (χ1) is 21.8. The summed E-state index contributed by atoms with van der Waals surface area (Å²) in [6.07, 6.45) is 3.70. The van der Waals surface area contributed by atoms with E-state index in [0.717, 1.165) is 36.1 Å². The molecule has 0 saturated carbocycles. The highest BCUT2D eigenvalue weighted by atomic mass is 32.2. The zero-order chi connectivity index (χ0) is 31.5. The van der Waals surface area contributed by atoms with Crippen LogP contribution < -0.4 is 14.4 Å². The van der Waals surface area contributed by atoms with Gasteiger partial charge in [-0.15, -0.1) is 10.2 Å². The van der Waals surface area contributed by atoms with Crippen molar-refractivity contribution < 1.29 is 28.6 Å². The Morgan fingerprint density at radius 3 is 2.73 bits per heavy atom. The number of aliphatic hydroxyl groups is 1. The maximum absolute atomic E-state index is 13.7. The maximum atomic E-state index is 13.7. The molecule has 3 aromatic carbocycles. The van der Waals surface area contributed by atoms with Gasteiger partial charge in [0.2, 0.25) is 5.13 Å². The van der Waals surface area contributed by atoms with E-state index in [1.807, 2.05) is 19.1 Å². The topological polar surface area (TPSA) is 102 Å². The molecule has 4 aromatic rings. The van der Waals surface area contributed by atoms with Gasteiger partial charge in [0.15, 0.2) is 4.34 Å². The summed E-state index contributed by atoms with van der Waals surface area (Å²) in [5.74, 6) is -0.333. The minimum absolute atomic E-state index is 0.00979. The zero-order valence-electron chi connectivity index (χ0n) is 24.9.